The summed E-state index contributed by atoms with van der Waals surface area (Å²) in [6, 6.07) is 1.96. The lowest BCUT2D eigenvalue weighted by Crippen LogP contribution is -2.48. The number of carbonyl (C=O) groups is 1. The van der Waals surface area contributed by atoms with Crippen LogP contribution in [0.1, 0.15) is 39.0 Å². The van der Waals surface area contributed by atoms with Gasteiger partial charge in [-0.25, -0.2) is 22.1 Å². The van der Waals surface area contributed by atoms with Crippen LogP contribution in [0.2, 0.25) is 5.02 Å². The highest BCUT2D eigenvalue weighted by atomic mass is 35.5. The zero-order chi connectivity index (χ0) is 29.0. The second-order valence-electron chi connectivity index (χ2n) is 9.65. The molecule has 1 heterocycles. The van der Waals surface area contributed by atoms with Crippen LogP contribution in [-0.4, -0.2) is 70.2 Å². The molecule has 1 N–H and O–H groups in total. The van der Waals surface area contributed by atoms with E-state index in [1.54, 1.807) is 17.3 Å². The van der Waals surface area contributed by atoms with Crippen LogP contribution in [0.15, 0.2) is 51.4 Å². The van der Waals surface area contributed by atoms with Crippen molar-refractivity contribution in [2.45, 2.75) is 62.1 Å². The van der Waals surface area contributed by atoms with E-state index in [0.717, 1.165) is 53.5 Å². The van der Waals surface area contributed by atoms with Crippen LogP contribution in [0, 0.1) is 5.82 Å². The lowest BCUT2D eigenvalue weighted by molar-refractivity contribution is -0.130. The first-order valence-corrected chi connectivity index (χ1v) is 15.5. The maximum atomic E-state index is 15.6. The normalized spacial score (nSPS) is 20.9. The summed E-state index contributed by atoms with van der Waals surface area (Å²) in [7, 11) is 0.304. The second kappa shape index (κ2) is 12.8. The zero-order valence-electron chi connectivity index (χ0n) is 22.7. The van der Waals surface area contributed by atoms with Gasteiger partial charge in [-0.1, -0.05) is 30.2 Å². The molecule has 2 unspecified atom stereocenters. The number of sulfonamides is 1. The summed E-state index contributed by atoms with van der Waals surface area (Å²) in [4.78, 5) is 17.3. The van der Waals surface area contributed by atoms with Gasteiger partial charge in [0.15, 0.2) is 5.13 Å². The third kappa shape index (κ3) is 6.38. The monoisotopic (exact) mass is 610 g/mol. The van der Waals surface area contributed by atoms with Crippen molar-refractivity contribution in [2.75, 3.05) is 37.4 Å². The van der Waals surface area contributed by atoms with Gasteiger partial charge in [0.1, 0.15) is 16.5 Å². The van der Waals surface area contributed by atoms with Gasteiger partial charge < -0.3 is 19.7 Å². The molecule has 0 spiro atoms. The summed E-state index contributed by atoms with van der Waals surface area (Å²) in [6.45, 7) is 1.32. The Balaban J connectivity index is 1.68. The van der Waals surface area contributed by atoms with E-state index in [2.05, 4.69) is 21.8 Å². The number of likely N-dealkylation sites (N-methyl/N-ethyl adjacent to an activating group) is 1. The molecule has 2 aliphatic rings. The minimum atomic E-state index is -4.45. The predicted molar refractivity (Wildman–Crippen MR) is 153 cm³/mol. The Morgan fingerprint density at radius 3 is 2.67 bits per heavy atom. The number of rotatable bonds is 10. The summed E-state index contributed by atoms with van der Waals surface area (Å²) in [5.74, 6) is -0.499. The van der Waals surface area contributed by atoms with Crippen molar-refractivity contribution >= 4 is 49.7 Å². The largest absolute Gasteiger partial charge is 0.492 e. The van der Waals surface area contributed by atoms with E-state index in [4.69, 9.17) is 21.1 Å². The molecule has 1 aromatic carbocycles. The molecule has 1 amide bonds. The number of nitrogens with one attached hydrogen (secondary N) is 1. The zero-order valence-corrected chi connectivity index (χ0v) is 25.1. The van der Waals surface area contributed by atoms with Gasteiger partial charge in [0.25, 0.3) is 10.0 Å². The Kier molecular flexibility index (Phi) is 9.61. The second-order valence-corrected chi connectivity index (χ2v) is 12.8. The molecule has 216 valence electrons. The maximum Gasteiger partial charge on any atom is 0.269 e. The number of hydrogen-bond donors (Lipinski definition) is 1. The molecule has 3 atom stereocenters. The van der Waals surface area contributed by atoms with E-state index < -0.39 is 26.8 Å². The Labute approximate surface area is 243 Å². The molecule has 9 nitrogen and oxygen atoms in total. The van der Waals surface area contributed by atoms with E-state index in [-0.39, 0.29) is 40.4 Å². The summed E-state index contributed by atoms with van der Waals surface area (Å²) >= 11 is 7.65. The average Bonchev–Trinajstić information content (AvgIpc) is 3.47. The van der Waals surface area contributed by atoms with Gasteiger partial charge in [-0.15, -0.1) is 11.3 Å². The lowest BCUT2D eigenvalue weighted by Gasteiger charge is -2.38. The first-order chi connectivity index (χ1) is 19.1. The lowest BCUT2D eigenvalue weighted by atomic mass is 9.89. The van der Waals surface area contributed by atoms with E-state index >= 15 is 4.39 Å². The van der Waals surface area contributed by atoms with Crippen LogP contribution >= 0.6 is 22.9 Å². The third-order valence-electron chi connectivity index (χ3n) is 7.25. The molecule has 1 aromatic heterocycles. The van der Waals surface area contributed by atoms with Gasteiger partial charge in [0.05, 0.1) is 36.5 Å². The number of halogens is 2. The van der Waals surface area contributed by atoms with Crippen LogP contribution in [-0.2, 0) is 24.3 Å². The van der Waals surface area contributed by atoms with Crippen LogP contribution in [0.4, 0.5) is 15.2 Å². The number of amides is 1. The molecular weight excluding hydrogens is 579 g/mol. The highest BCUT2D eigenvalue weighted by Gasteiger charge is 2.35. The van der Waals surface area contributed by atoms with E-state index in [9.17, 15) is 13.2 Å². The Morgan fingerprint density at radius 2 is 2.02 bits per heavy atom. The van der Waals surface area contributed by atoms with Gasteiger partial charge in [0, 0.05) is 50.7 Å². The van der Waals surface area contributed by atoms with Crippen LogP contribution in [0.25, 0.3) is 0 Å². The first kappa shape index (κ1) is 30.1. The van der Waals surface area contributed by atoms with E-state index in [1.807, 2.05) is 0 Å². The van der Waals surface area contributed by atoms with Gasteiger partial charge >= 0.3 is 0 Å². The molecule has 0 aliphatic heterocycles. The summed E-state index contributed by atoms with van der Waals surface area (Å²) in [5.41, 5.74) is 6.56. The van der Waals surface area contributed by atoms with Crippen molar-refractivity contribution in [3.8, 4) is 0 Å². The fourth-order valence-corrected chi connectivity index (χ4v) is 7.58. The number of thiazole rings is 1. The van der Waals surface area contributed by atoms with Crippen LogP contribution in [0.5, 0.6) is 0 Å². The molecule has 0 radical (unpaired) electrons. The standard InChI is InChI=1S/C27H32ClFN4O5S2/c1-17(34)32(2)24-8-6-5-7-22(24)31-23-15-21(29)26(14-20(23)28)40(35,36)33(27-30-11-12-39-27)16-18-9-10-19(37-3)13-25(18)38-4/h11-12,14-15,22,24-25,31H,5-8,13,16H2,1-4H3/t22?,24-,25?/m0/s1. The number of hydrogen-bond acceptors (Lipinski definition) is 8. The topological polar surface area (TPSA) is 101 Å². The summed E-state index contributed by atoms with van der Waals surface area (Å²) < 4.78 is 55.2. The SMILES string of the molecule is COC1=C=C=C(CN(c2nccs2)S(=O)(=O)c2cc(Cl)c(NC3CCCC[C@@H]3N(C)C(C)=O)cc2F)C(OC)C1. The minimum absolute atomic E-state index is 0.0491. The highest BCUT2D eigenvalue weighted by molar-refractivity contribution is 7.93. The van der Waals surface area contributed by atoms with Crippen molar-refractivity contribution in [1.82, 2.24) is 9.88 Å². The molecule has 13 heteroatoms. The summed E-state index contributed by atoms with van der Waals surface area (Å²) in [5, 5.41) is 5.10. The van der Waals surface area contributed by atoms with E-state index in [1.165, 1.54) is 27.3 Å². The molecule has 1 fully saturated rings. The van der Waals surface area contributed by atoms with Crippen LogP contribution < -0.4 is 9.62 Å². The Hall–Kier alpha value is -2.85. The Bertz CT molecular complexity index is 1450. The number of ether oxygens (including phenoxy) is 2. The van der Waals surface area contributed by atoms with Crippen molar-refractivity contribution in [3.05, 3.63) is 57.3 Å². The number of nitrogens with zero attached hydrogens (tertiary/aromatic N) is 3. The molecule has 2 aromatic rings. The number of carbonyl (C=O) groups excluding carboxylic acids is 1. The van der Waals surface area contributed by atoms with E-state index in [0.29, 0.717) is 17.8 Å². The quantitative estimate of drug-likeness (QED) is 0.379. The fraction of sp³-hybridized carbons (Fsp3) is 0.481. The number of aromatic nitrogens is 1. The van der Waals surface area contributed by atoms with Crippen molar-refractivity contribution in [2.24, 2.45) is 0 Å². The number of anilines is 2. The molecule has 2 aliphatic carbocycles. The maximum absolute atomic E-state index is 15.6. The average molecular weight is 611 g/mol. The van der Waals surface area contributed by atoms with Crippen molar-refractivity contribution in [3.63, 3.8) is 0 Å². The summed E-state index contributed by atoms with van der Waals surface area (Å²) in [6.07, 6.45) is 4.80. The predicted octanol–water partition coefficient (Wildman–Crippen LogP) is 4.96. The van der Waals surface area contributed by atoms with Crippen molar-refractivity contribution < 1.29 is 27.1 Å². The molecule has 1 saturated carbocycles. The number of benzene rings is 1. The van der Waals surface area contributed by atoms with Gasteiger partial charge in [-0.2, -0.15) is 0 Å². The molecule has 4 rings (SSSR count). The smallest absolute Gasteiger partial charge is 0.269 e. The molecule has 0 saturated heterocycles. The molecular formula is C27H32ClFN4O5S2. The highest BCUT2D eigenvalue weighted by Crippen LogP contribution is 2.35. The van der Waals surface area contributed by atoms with Gasteiger partial charge in [-0.05, 0) is 30.7 Å². The van der Waals surface area contributed by atoms with Crippen molar-refractivity contribution in [1.29, 1.82) is 0 Å². The number of methoxy groups -OCH3 is 2. The minimum Gasteiger partial charge on any atom is -0.492 e. The first-order valence-electron chi connectivity index (χ1n) is 12.8. The Morgan fingerprint density at radius 1 is 1.27 bits per heavy atom. The molecule has 40 heavy (non-hydrogen) atoms. The third-order valence-corrected chi connectivity index (χ3v) is 10.2. The van der Waals surface area contributed by atoms with Gasteiger partial charge in [0.2, 0.25) is 5.91 Å². The van der Waals surface area contributed by atoms with Gasteiger partial charge in [-0.3, -0.25) is 4.79 Å². The molecule has 0 bridgehead atoms. The fourth-order valence-electron chi connectivity index (χ4n) is 4.96. The van der Waals surface area contributed by atoms with Crippen LogP contribution in [0.3, 0.4) is 0 Å².